The molecule has 5 nitrogen and oxygen atoms in total. The summed E-state index contributed by atoms with van der Waals surface area (Å²) in [5.41, 5.74) is 3.36. The van der Waals surface area contributed by atoms with Gasteiger partial charge in [0.2, 0.25) is 0 Å². The van der Waals surface area contributed by atoms with Crippen LogP contribution in [-0.2, 0) is 6.54 Å². The highest BCUT2D eigenvalue weighted by Gasteiger charge is 2.14. The number of fused-ring (bicyclic) bond motifs is 1. The summed E-state index contributed by atoms with van der Waals surface area (Å²) >= 11 is 0. The summed E-state index contributed by atoms with van der Waals surface area (Å²) in [6.45, 7) is 2.54. The molecule has 0 saturated heterocycles. The number of nitrogens with zero attached hydrogens (tertiary/aromatic N) is 3. The van der Waals surface area contributed by atoms with Gasteiger partial charge in [0.15, 0.2) is 5.65 Å². The summed E-state index contributed by atoms with van der Waals surface area (Å²) in [6, 6.07) is 18.1. The molecule has 0 atom stereocenters. The van der Waals surface area contributed by atoms with Gasteiger partial charge < -0.3 is 9.88 Å². The number of rotatable bonds is 5. The summed E-state index contributed by atoms with van der Waals surface area (Å²) in [6.07, 6.45) is 1.73. The van der Waals surface area contributed by atoms with Crippen molar-refractivity contribution in [3.63, 3.8) is 0 Å². The zero-order valence-electron chi connectivity index (χ0n) is 15.4. The highest BCUT2D eigenvalue weighted by molar-refractivity contribution is 5.94. The highest BCUT2D eigenvalue weighted by Crippen LogP contribution is 2.23. The summed E-state index contributed by atoms with van der Waals surface area (Å²) < 4.78 is 15.7. The maximum Gasteiger partial charge on any atom is 0.251 e. The smallest absolute Gasteiger partial charge is 0.251 e. The maximum atomic E-state index is 13.7. The Morgan fingerprint density at radius 3 is 2.71 bits per heavy atom. The molecule has 0 spiro atoms. The Morgan fingerprint density at radius 2 is 1.93 bits per heavy atom. The van der Waals surface area contributed by atoms with Crippen molar-refractivity contribution in [3.8, 4) is 11.4 Å². The van der Waals surface area contributed by atoms with Crippen molar-refractivity contribution in [2.75, 3.05) is 6.54 Å². The van der Waals surface area contributed by atoms with E-state index in [1.54, 1.807) is 25.3 Å². The minimum Gasteiger partial charge on any atom is -0.350 e. The first-order valence-corrected chi connectivity index (χ1v) is 9.04. The first-order chi connectivity index (χ1) is 13.6. The van der Waals surface area contributed by atoms with Crippen LogP contribution >= 0.6 is 0 Å². The van der Waals surface area contributed by atoms with E-state index in [9.17, 15) is 9.18 Å². The summed E-state index contributed by atoms with van der Waals surface area (Å²) in [5, 5.41) is 2.85. The number of nitrogens with one attached hydrogen (secondary N) is 1. The Bertz CT molecular complexity index is 1140. The van der Waals surface area contributed by atoms with Gasteiger partial charge in [0.05, 0.1) is 0 Å². The number of carbonyl (C=O) groups excluding carboxylic acids is 1. The third kappa shape index (κ3) is 3.49. The van der Waals surface area contributed by atoms with Crippen LogP contribution in [0.15, 0.2) is 66.9 Å². The predicted octanol–water partition coefficient (Wildman–Crippen LogP) is 3.98. The molecule has 0 aliphatic heterocycles. The summed E-state index contributed by atoms with van der Waals surface area (Å²) in [7, 11) is 0. The van der Waals surface area contributed by atoms with Gasteiger partial charge in [0.1, 0.15) is 17.2 Å². The molecule has 2 heterocycles. The minimum absolute atomic E-state index is 0.306. The molecular weight excluding hydrogens is 355 g/mol. The van der Waals surface area contributed by atoms with Crippen LogP contribution in [0.25, 0.3) is 22.6 Å². The van der Waals surface area contributed by atoms with Crippen LogP contribution in [-0.4, -0.2) is 27.0 Å². The topological polar surface area (TPSA) is 59.8 Å². The molecular formula is C22H19FN4O. The van der Waals surface area contributed by atoms with E-state index in [-0.39, 0.29) is 11.7 Å². The lowest BCUT2D eigenvalue weighted by atomic mass is 10.1. The monoisotopic (exact) mass is 374 g/mol. The Balaban J connectivity index is 1.56. The molecule has 1 N–H and O–H groups in total. The molecule has 0 radical (unpaired) electrons. The first kappa shape index (κ1) is 17.9. The molecule has 0 bridgehead atoms. The van der Waals surface area contributed by atoms with Crippen molar-refractivity contribution in [3.05, 3.63) is 83.8 Å². The second kappa shape index (κ2) is 7.60. The molecule has 6 heteroatoms. The third-order valence-electron chi connectivity index (χ3n) is 4.59. The van der Waals surface area contributed by atoms with Crippen molar-refractivity contribution in [2.24, 2.45) is 0 Å². The number of hydrogen-bond acceptors (Lipinski definition) is 3. The van der Waals surface area contributed by atoms with Gasteiger partial charge >= 0.3 is 0 Å². The van der Waals surface area contributed by atoms with Gasteiger partial charge in [0, 0.05) is 30.4 Å². The largest absolute Gasteiger partial charge is 0.350 e. The van der Waals surface area contributed by atoms with Crippen molar-refractivity contribution in [1.29, 1.82) is 0 Å². The lowest BCUT2D eigenvalue weighted by molar-refractivity contribution is 0.0952. The molecule has 2 aromatic heterocycles. The average molecular weight is 374 g/mol. The van der Waals surface area contributed by atoms with Gasteiger partial charge in [-0.3, -0.25) is 4.79 Å². The van der Waals surface area contributed by atoms with E-state index in [0.29, 0.717) is 24.2 Å². The van der Waals surface area contributed by atoms with E-state index in [1.165, 1.54) is 6.07 Å². The Morgan fingerprint density at radius 1 is 1.11 bits per heavy atom. The van der Waals surface area contributed by atoms with Crippen LogP contribution in [0.1, 0.15) is 15.9 Å². The number of aryl methyl sites for hydroxylation is 1. The number of aromatic nitrogens is 3. The van der Waals surface area contributed by atoms with Gasteiger partial charge in [-0.1, -0.05) is 36.4 Å². The Kier molecular flexibility index (Phi) is 4.85. The lowest BCUT2D eigenvalue weighted by Gasteiger charge is -2.10. The lowest BCUT2D eigenvalue weighted by Crippen LogP contribution is -2.27. The zero-order valence-corrected chi connectivity index (χ0v) is 15.4. The summed E-state index contributed by atoms with van der Waals surface area (Å²) in [4.78, 5) is 21.5. The van der Waals surface area contributed by atoms with Crippen molar-refractivity contribution >= 4 is 17.1 Å². The van der Waals surface area contributed by atoms with Crippen LogP contribution in [0.3, 0.4) is 0 Å². The number of pyridine rings is 1. The zero-order chi connectivity index (χ0) is 19.5. The highest BCUT2D eigenvalue weighted by atomic mass is 19.1. The van der Waals surface area contributed by atoms with Crippen LogP contribution in [0.2, 0.25) is 0 Å². The molecule has 0 aliphatic rings. The number of benzene rings is 2. The van der Waals surface area contributed by atoms with Crippen molar-refractivity contribution in [1.82, 2.24) is 19.9 Å². The second-order valence-electron chi connectivity index (χ2n) is 6.52. The van der Waals surface area contributed by atoms with Gasteiger partial charge in [-0.2, -0.15) is 0 Å². The maximum absolute atomic E-state index is 13.7. The molecule has 0 aliphatic carbocycles. The Labute approximate surface area is 161 Å². The SMILES string of the molecule is Cc1ccc(C(=O)NCCn2c(-c3ccccc3)nc3cccnc32)cc1F. The molecule has 0 unspecified atom stereocenters. The number of carbonyl (C=O) groups is 1. The Hall–Kier alpha value is -3.54. The third-order valence-corrected chi connectivity index (χ3v) is 4.59. The molecule has 140 valence electrons. The van der Waals surface area contributed by atoms with E-state index in [0.717, 1.165) is 22.6 Å². The first-order valence-electron chi connectivity index (χ1n) is 9.04. The van der Waals surface area contributed by atoms with E-state index >= 15 is 0 Å². The standard InChI is InChI=1S/C22H19FN4O/c1-15-9-10-17(14-18(15)23)22(28)25-12-13-27-20(16-6-3-2-4-7-16)26-19-8-5-11-24-21(19)27/h2-11,14H,12-13H2,1H3,(H,25,28). The number of imidazole rings is 1. The normalized spacial score (nSPS) is 10.9. The van der Waals surface area contributed by atoms with Gasteiger partial charge in [-0.25, -0.2) is 14.4 Å². The van der Waals surface area contributed by atoms with Crippen molar-refractivity contribution in [2.45, 2.75) is 13.5 Å². The molecule has 0 fully saturated rings. The summed E-state index contributed by atoms with van der Waals surface area (Å²) in [5.74, 6) is 0.103. The quantitative estimate of drug-likeness (QED) is 0.575. The van der Waals surface area contributed by atoms with Gasteiger partial charge in [-0.05, 0) is 36.8 Å². The second-order valence-corrected chi connectivity index (χ2v) is 6.52. The van der Waals surface area contributed by atoms with Crippen molar-refractivity contribution < 1.29 is 9.18 Å². The van der Waals surface area contributed by atoms with Crippen LogP contribution < -0.4 is 5.32 Å². The van der Waals surface area contributed by atoms with E-state index < -0.39 is 0 Å². The molecule has 0 saturated carbocycles. The van der Waals surface area contributed by atoms with Crippen LogP contribution in [0, 0.1) is 12.7 Å². The number of amides is 1. The molecule has 4 rings (SSSR count). The van der Waals surface area contributed by atoms with Crippen LogP contribution in [0.5, 0.6) is 0 Å². The average Bonchev–Trinajstić information content (AvgIpc) is 3.09. The fourth-order valence-electron chi connectivity index (χ4n) is 3.10. The van der Waals surface area contributed by atoms with E-state index in [1.807, 2.05) is 47.0 Å². The molecule has 2 aromatic carbocycles. The van der Waals surface area contributed by atoms with E-state index in [4.69, 9.17) is 4.98 Å². The van der Waals surface area contributed by atoms with Gasteiger partial charge in [0.25, 0.3) is 5.91 Å². The van der Waals surface area contributed by atoms with Crippen LogP contribution in [0.4, 0.5) is 4.39 Å². The predicted molar refractivity (Wildman–Crippen MR) is 106 cm³/mol. The molecule has 28 heavy (non-hydrogen) atoms. The fourth-order valence-corrected chi connectivity index (χ4v) is 3.10. The molecule has 4 aromatic rings. The fraction of sp³-hybridized carbons (Fsp3) is 0.136. The number of hydrogen-bond donors (Lipinski definition) is 1. The van der Waals surface area contributed by atoms with E-state index in [2.05, 4.69) is 10.3 Å². The number of halogens is 1. The van der Waals surface area contributed by atoms with Gasteiger partial charge in [-0.15, -0.1) is 0 Å². The minimum atomic E-state index is -0.385. The molecule has 1 amide bonds.